The Morgan fingerprint density at radius 1 is 1.41 bits per heavy atom. The lowest BCUT2D eigenvalue weighted by Crippen LogP contribution is -2.24. The van der Waals surface area contributed by atoms with E-state index in [2.05, 4.69) is 15.0 Å². The Morgan fingerprint density at radius 2 is 2.18 bits per heavy atom. The molecule has 1 N–H and O–H groups in total. The first-order chi connectivity index (χ1) is 8.03. The van der Waals surface area contributed by atoms with Crippen molar-refractivity contribution < 1.29 is 22.6 Å². The predicted octanol–water partition coefficient (Wildman–Crippen LogP) is 1.72. The Labute approximate surface area is 96.7 Å². The van der Waals surface area contributed by atoms with Gasteiger partial charge in [0.1, 0.15) is 0 Å². The van der Waals surface area contributed by atoms with Gasteiger partial charge in [-0.2, -0.15) is 0 Å². The van der Waals surface area contributed by atoms with Crippen LogP contribution in [-0.2, 0) is 11.3 Å². The van der Waals surface area contributed by atoms with Crippen molar-refractivity contribution in [1.29, 1.82) is 0 Å². The molecular weight excluding hydrogens is 237 g/mol. The van der Waals surface area contributed by atoms with Gasteiger partial charge in [0, 0.05) is 24.8 Å². The van der Waals surface area contributed by atoms with Gasteiger partial charge < -0.3 is 10.1 Å². The van der Waals surface area contributed by atoms with Crippen LogP contribution in [0.25, 0.3) is 0 Å². The number of methoxy groups -OCH3 is 1. The van der Waals surface area contributed by atoms with E-state index in [9.17, 15) is 13.2 Å². The molecule has 0 amide bonds. The van der Waals surface area contributed by atoms with Crippen molar-refractivity contribution in [2.45, 2.75) is 12.9 Å². The van der Waals surface area contributed by atoms with E-state index in [-0.39, 0.29) is 6.54 Å². The second-order valence-electron chi connectivity index (χ2n) is 3.14. The van der Waals surface area contributed by atoms with E-state index in [4.69, 9.17) is 4.74 Å². The van der Waals surface area contributed by atoms with Crippen LogP contribution in [0.5, 0.6) is 5.88 Å². The van der Waals surface area contributed by atoms with Crippen molar-refractivity contribution in [2.75, 3.05) is 20.3 Å². The van der Waals surface area contributed by atoms with Crippen LogP contribution in [0, 0.1) is 0 Å². The Kier molecular flexibility index (Phi) is 5.17. The summed E-state index contributed by atoms with van der Waals surface area (Å²) in [7, 11) is 1.48. The summed E-state index contributed by atoms with van der Waals surface area (Å²) < 4.78 is 43.5. The molecule has 0 aliphatic heterocycles. The third-order valence-electron chi connectivity index (χ3n) is 1.90. The lowest BCUT2D eigenvalue weighted by Gasteiger charge is -2.09. The van der Waals surface area contributed by atoms with Crippen molar-refractivity contribution in [2.24, 2.45) is 0 Å². The topological polar surface area (TPSA) is 43.4 Å². The first kappa shape index (κ1) is 13.7. The van der Waals surface area contributed by atoms with Gasteiger partial charge in [0.25, 0.3) is 0 Å². The summed E-state index contributed by atoms with van der Waals surface area (Å²) in [6.45, 7) is 0.0435. The number of alkyl halides is 3. The van der Waals surface area contributed by atoms with Crippen molar-refractivity contribution in [3.8, 4) is 5.88 Å². The van der Waals surface area contributed by atoms with E-state index in [1.54, 1.807) is 18.3 Å². The van der Waals surface area contributed by atoms with Gasteiger partial charge in [-0.05, 0) is 6.07 Å². The fraction of sp³-hybridized carbons (Fsp3) is 0.500. The molecule has 1 aromatic heterocycles. The molecule has 0 fully saturated rings. The van der Waals surface area contributed by atoms with Gasteiger partial charge >= 0.3 is 6.36 Å². The molecule has 7 heteroatoms. The fourth-order valence-electron chi connectivity index (χ4n) is 1.20. The minimum Gasteiger partial charge on any atom is -0.481 e. The summed E-state index contributed by atoms with van der Waals surface area (Å²) in [5.41, 5.74) is 0.780. The summed E-state index contributed by atoms with van der Waals surface area (Å²) in [5.74, 6) is 0.455. The molecule has 0 saturated carbocycles. The van der Waals surface area contributed by atoms with Crippen LogP contribution in [0.1, 0.15) is 5.56 Å². The van der Waals surface area contributed by atoms with Gasteiger partial charge in [-0.25, -0.2) is 4.98 Å². The first-order valence-electron chi connectivity index (χ1n) is 4.92. The lowest BCUT2D eigenvalue weighted by atomic mass is 10.2. The van der Waals surface area contributed by atoms with E-state index in [0.717, 1.165) is 5.56 Å². The summed E-state index contributed by atoms with van der Waals surface area (Å²) in [6.07, 6.45) is -3.00. The number of ether oxygens (including phenoxy) is 2. The molecule has 0 saturated heterocycles. The van der Waals surface area contributed by atoms with E-state index >= 15 is 0 Å². The van der Waals surface area contributed by atoms with Gasteiger partial charge in [-0.1, -0.05) is 6.07 Å². The van der Waals surface area contributed by atoms with Gasteiger partial charge in [-0.3, -0.25) is 4.74 Å². The van der Waals surface area contributed by atoms with E-state index in [0.29, 0.717) is 12.4 Å². The van der Waals surface area contributed by atoms with Crippen LogP contribution in [0.4, 0.5) is 13.2 Å². The zero-order valence-electron chi connectivity index (χ0n) is 9.25. The Morgan fingerprint density at radius 3 is 2.82 bits per heavy atom. The third-order valence-corrected chi connectivity index (χ3v) is 1.90. The Bertz CT molecular complexity index is 345. The van der Waals surface area contributed by atoms with E-state index < -0.39 is 13.0 Å². The third kappa shape index (κ3) is 5.50. The average Bonchev–Trinajstić information content (AvgIpc) is 2.27. The summed E-state index contributed by atoms with van der Waals surface area (Å²) in [4.78, 5) is 3.96. The number of aromatic nitrogens is 1. The molecular formula is C10H13F3N2O2. The van der Waals surface area contributed by atoms with Crippen LogP contribution in [-0.4, -0.2) is 31.6 Å². The minimum atomic E-state index is -4.58. The summed E-state index contributed by atoms with van der Waals surface area (Å²) in [5, 5.41) is 2.80. The molecule has 0 aromatic carbocycles. The highest BCUT2D eigenvalue weighted by Gasteiger charge is 2.28. The molecule has 4 nitrogen and oxygen atoms in total. The van der Waals surface area contributed by atoms with Crippen molar-refractivity contribution in [3.63, 3.8) is 0 Å². The number of pyridine rings is 1. The summed E-state index contributed by atoms with van der Waals surface area (Å²) >= 11 is 0. The molecule has 0 bridgehead atoms. The van der Waals surface area contributed by atoms with Crippen LogP contribution in [0.2, 0.25) is 0 Å². The number of halogens is 3. The van der Waals surface area contributed by atoms with E-state index in [1.165, 1.54) is 7.11 Å². The van der Waals surface area contributed by atoms with E-state index in [1.807, 2.05) is 0 Å². The number of hydrogen-bond donors (Lipinski definition) is 1. The molecule has 1 heterocycles. The van der Waals surface area contributed by atoms with Crippen molar-refractivity contribution >= 4 is 0 Å². The first-order valence-corrected chi connectivity index (χ1v) is 4.92. The average molecular weight is 250 g/mol. The highest BCUT2D eigenvalue weighted by Crippen LogP contribution is 2.15. The lowest BCUT2D eigenvalue weighted by molar-refractivity contribution is -0.323. The molecule has 0 aliphatic carbocycles. The monoisotopic (exact) mass is 250 g/mol. The number of nitrogens with zero attached hydrogens (tertiary/aromatic N) is 1. The quantitative estimate of drug-likeness (QED) is 0.781. The van der Waals surface area contributed by atoms with Gasteiger partial charge in [0.05, 0.1) is 13.7 Å². The predicted molar refractivity (Wildman–Crippen MR) is 54.5 cm³/mol. The highest BCUT2D eigenvalue weighted by atomic mass is 19.4. The zero-order chi connectivity index (χ0) is 12.7. The second-order valence-corrected chi connectivity index (χ2v) is 3.14. The molecule has 0 aliphatic rings. The molecule has 0 radical (unpaired) electrons. The standard InChI is InChI=1S/C10H13F3N2O2/c1-16-9-8(3-2-4-15-9)7-14-5-6-17-10(11,12)13/h2-4,14H,5-7H2,1H3. The number of rotatable bonds is 6. The highest BCUT2D eigenvalue weighted by molar-refractivity contribution is 5.24. The maximum atomic E-state index is 11.6. The molecule has 1 aromatic rings. The van der Waals surface area contributed by atoms with Crippen LogP contribution < -0.4 is 10.1 Å². The molecule has 0 atom stereocenters. The second kappa shape index (κ2) is 6.41. The van der Waals surface area contributed by atoms with Crippen LogP contribution >= 0.6 is 0 Å². The number of hydrogen-bond acceptors (Lipinski definition) is 4. The SMILES string of the molecule is COc1ncccc1CNCCOC(F)(F)F. The minimum absolute atomic E-state index is 0.0948. The molecule has 0 spiro atoms. The zero-order valence-corrected chi connectivity index (χ0v) is 9.25. The normalized spacial score (nSPS) is 11.5. The van der Waals surface area contributed by atoms with Crippen LogP contribution in [0.3, 0.4) is 0 Å². The smallest absolute Gasteiger partial charge is 0.481 e. The maximum Gasteiger partial charge on any atom is 0.522 e. The van der Waals surface area contributed by atoms with Crippen LogP contribution in [0.15, 0.2) is 18.3 Å². The Balaban J connectivity index is 2.27. The summed E-state index contributed by atoms with van der Waals surface area (Å²) in [6, 6.07) is 3.51. The van der Waals surface area contributed by atoms with Crippen molar-refractivity contribution in [1.82, 2.24) is 10.3 Å². The van der Waals surface area contributed by atoms with Crippen molar-refractivity contribution in [3.05, 3.63) is 23.9 Å². The Hall–Kier alpha value is -1.34. The molecule has 17 heavy (non-hydrogen) atoms. The number of nitrogens with one attached hydrogen (secondary N) is 1. The maximum absolute atomic E-state index is 11.6. The van der Waals surface area contributed by atoms with Gasteiger partial charge in [0.2, 0.25) is 5.88 Å². The fourth-order valence-corrected chi connectivity index (χ4v) is 1.20. The molecule has 1 rings (SSSR count). The van der Waals surface area contributed by atoms with Gasteiger partial charge in [0.15, 0.2) is 0 Å². The molecule has 0 unspecified atom stereocenters. The van der Waals surface area contributed by atoms with Gasteiger partial charge in [-0.15, -0.1) is 13.2 Å². The molecule has 96 valence electrons. The largest absolute Gasteiger partial charge is 0.522 e.